The smallest absolute Gasteiger partial charge is 0.185 e. The van der Waals surface area contributed by atoms with E-state index in [1.54, 1.807) is 30.0 Å². The average molecular weight is 250 g/mol. The van der Waals surface area contributed by atoms with E-state index in [4.69, 9.17) is 10.00 Å². The third-order valence-corrected chi connectivity index (χ3v) is 2.83. The van der Waals surface area contributed by atoms with Crippen molar-refractivity contribution in [3.63, 3.8) is 0 Å². The minimum absolute atomic E-state index is 0.496. The van der Waals surface area contributed by atoms with Gasteiger partial charge < -0.3 is 4.74 Å². The number of rotatable bonds is 2. The minimum atomic E-state index is 0.496. The van der Waals surface area contributed by atoms with Gasteiger partial charge in [-0.25, -0.2) is 9.50 Å². The van der Waals surface area contributed by atoms with Gasteiger partial charge in [0.05, 0.1) is 18.2 Å². The van der Waals surface area contributed by atoms with E-state index in [0.717, 1.165) is 5.56 Å². The first kappa shape index (κ1) is 11.2. The maximum atomic E-state index is 9.06. The van der Waals surface area contributed by atoms with Crippen molar-refractivity contribution >= 4 is 5.65 Å². The molecule has 0 aliphatic heterocycles. The lowest BCUT2D eigenvalue weighted by Gasteiger charge is -2.03. The number of benzene rings is 1. The van der Waals surface area contributed by atoms with Crippen LogP contribution in [-0.4, -0.2) is 21.7 Å². The van der Waals surface area contributed by atoms with Crippen LogP contribution in [0.3, 0.4) is 0 Å². The first-order chi connectivity index (χ1) is 9.33. The molecule has 19 heavy (non-hydrogen) atoms. The molecule has 0 saturated heterocycles. The fraction of sp³-hybridized carbons (Fsp3) is 0.0714. The number of nitriles is 1. The van der Waals surface area contributed by atoms with E-state index in [0.29, 0.717) is 22.8 Å². The van der Waals surface area contributed by atoms with Crippen LogP contribution in [0.4, 0.5) is 0 Å². The number of ether oxygens (including phenoxy) is 1. The minimum Gasteiger partial charge on any atom is -0.496 e. The van der Waals surface area contributed by atoms with Gasteiger partial charge in [-0.05, 0) is 24.3 Å². The molecule has 5 heteroatoms. The number of aromatic nitrogens is 3. The second kappa shape index (κ2) is 4.42. The van der Waals surface area contributed by atoms with Gasteiger partial charge in [0.25, 0.3) is 0 Å². The van der Waals surface area contributed by atoms with Crippen molar-refractivity contribution in [1.82, 2.24) is 14.6 Å². The summed E-state index contributed by atoms with van der Waals surface area (Å²) in [5, 5.41) is 13.4. The topological polar surface area (TPSA) is 63.2 Å². The van der Waals surface area contributed by atoms with Crippen molar-refractivity contribution in [2.24, 2.45) is 0 Å². The highest BCUT2D eigenvalue weighted by atomic mass is 16.5. The quantitative estimate of drug-likeness (QED) is 0.700. The summed E-state index contributed by atoms with van der Waals surface area (Å²) in [5.74, 6) is 1.25. The molecule has 0 aliphatic carbocycles. The van der Waals surface area contributed by atoms with Gasteiger partial charge >= 0.3 is 0 Å². The predicted molar refractivity (Wildman–Crippen MR) is 69.7 cm³/mol. The van der Waals surface area contributed by atoms with Crippen molar-refractivity contribution < 1.29 is 4.74 Å². The van der Waals surface area contributed by atoms with Gasteiger partial charge in [-0.3, -0.25) is 0 Å². The van der Waals surface area contributed by atoms with Crippen molar-refractivity contribution in [3.05, 3.63) is 48.2 Å². The number of para-hydroxylation sites is 1. The largest absolute Gasteiger partial charge is 0.496 e. The summed E-state index contributed by atoms with van der Waals surface area (Å²) in [6, 6.07) is 13.1. The molecule has 0 amide bonds. The molecule has 0 N–H and O–H groups in total. The Balaban J connectivity index is 2.24. The lowest BCUT2D eigenvalue weighted by atomic mass is 10.2. The highest BCUT2D eigenvalue weighted by molar-refractivity contribution is 5.67. The Kier molecular flexibility index (Phi) is 2.62. The van der Waals surface area contributed by atoms with E-state index >= 15 is 0 Å². The van der Waals surface area contributed by atoms with Gasteiger partial charge in [0.1, 0.15) is 11.8 Å². The summed E-state index contributed by atoms with van der Waals surface area (Å²) in [6.45, 7) is 0. The van der Waals surface area contributed by atoms with E-state index in [9.17, 15) is 0 Å². The molecule has 0 saturated carbocycles. The Hall–Kier alpha value is -2.87. The van der Waals surface area contributed by atoms with Crippen molar-refractivity contribution in [2.45, 2.75) is 0 Å². The molecule has 0 spiro atoms. The number of hydrogen-bond donors (Lipinski definition) is 0. The molecule has 92 valence electrons. The van der Waals surface area contributed by atoms with Crippen LogP contribution in [0.5, 0.6) is 5.75 Å². The zero-order chi connectivity index (χ0) is 13.2. The molecule has 5 nitrogen and oxygen atoms in total. The number of pyridine rings is 1. The summed E-state index contributed by atoms with van der Waals surface area (Å²) < 4.78 is 6.90. The molecule has 3 aromatic rings. The van der Waals surface area contributed by atoms with Crippen molar-refractivity contribution in [3.8, 4) is 23.2 Å². The van der Waals surface area contributed by atoms with Crippen molar-refractivity contribution in [2.75, 3.05) is 7.11 Å². The number of fused-ring (bicyclic) bond motifs is 1. The Morgan fingerprint density at radius 2 is 2.05 bits per heavy atom. The van der Waals surface area contributed by atoms with Crippen molar-refractivity contribution in [1.29, 1.82) is 5.26 Å². The van der Waals surface area contributed by atoms with Crippen LogP contribution in [0, 0.1) is 11.3 Å². The number of hydrogen-bond acceptors (Lipinski definition) is 4. The molecule has 0 radical (unpaired) electrons. The van der Waals surface area contributed by atoms with Crippen LogP contribution >= 0.6 is 0 Å². The second-order valence-corrected chi connectivity index (χ2v) is 3.94. The van der Waals surface area contributed by atoms with Gasteiger partial charge in [0.2, 0.25) is 0 Å². The van der Waals surface area contributed by atoms with Crippen LogP contribution in [0.25, 0.3) is 17.0 Å². The zero-order valence-corrected chi connectivity index (χ0v) is 10.2. The molecule has 0 atom stereocenters. The highest BCUT2D eigenvalue weighted by Crippen LogP contribution is 2.27. The van der Waals surface area contributed by atoms with E-state index in [1.165, 1.54) is 0 Å². The molecule has 1 aromatic carbocycles. The van der Waals surface area contributed by atoms with Crippen LogP contribution in [0.2, 0.25) is 0 Å². The summed E-state index contributed by atoms with van der Waals surface area (Å²) in [6.07, 6.45) is 1.77. The lowest BCUT2D eigenvalue weighted by Crippen LogP contribution is -1.90. The first-order valence-corrected chi connectivity index (χ1v) is 5.72. The fourth-order valence-corrected chi connectivity index (χ4v) is 1.94. The Labute approximate surface area is 109 Å². The Morgan fingerprint density at radius 3 is 2.84 bits per heavy atom. The Bertz CT molecular complexity index is 785. The summed E-state index contributed by atoms with van der Waals surface area (Å²) in [7, 11) is 1.61. The predicted octanol–water partition coefficient (Wildman–Crippen LogP) is 2.28. The zero-order valence-electron chi connectivity index (χ0n) is 10.2. The van der Waals surface area contributed by atoms with Gasteiger partial charge in [0, 0.05) is 6.20 Å². The van der Waals surface area contributed by atoms with Gasteiger partial charge in [-0.15, -0.1) is 5.10 Å². The average Bonchev–Trinajstić information content (AvgIpc) is 2.90. The summed E-state index contributed by atoms with van der Waals surface area (Å²) >= 11 is 0. The molecule has 2 heterocycles. The Morgan fingerprint density at radius 1 is 1.21 bits per heavy atom. The maximum absolute atomic E-state index is 9.06. The first-order valence-electron chi connectivity index (χ1n) is 5.72. The van der Waals surface area contributed by atoms with Gasteiger partial charge in [-0.2, -0.15) is 5.26 Å². The van der Waals surface area contributed by atoms with Crippen LogP contribution in [0.1, 0.15) is 5.56 Å². The van der Waals surface area contributed by atoms with E-state index in [2.05, 4.69) is 16.2 Å². The molecule has 0 fully saturated rings. The molecule has 0 bridgehead atoms. The van der Waals surface area contributed by atoms with Crippen LogP contribution < -0.4 is 4.74 Å². The second-order valence-electron chi connectivity index (χ2n) is 3.94. The maximum Gasteiger partial charge on any atom is 0.185 e. The van der Waals surface area contributed by atoms with E-state index < -0.39 is 0 Å². The highest BCUT2D eigenvalue weighted by Gasteiger charge is 2.12. The molecule has 3 rings (SSSR count). The van der Waals surface area contributed by atoms with Crippen LogP contribution in [-0.2, 0) is 0 Å². The standard InChI is InChI=1S/C14H10N4O/c1-19-12-7-3-2-6-11(12)13-16-14-10(9-15)5-4-8-18(14)17-13/h2-8H,1H3. The monoisotopic (exact) mass is 250 g/mol. The number of nitrogens with zero attached hydrogens (tertiary/aromatic N) is 4. The third kappa shape index (κ3) is 1.79. The van der Waals surface area contributed by atoms with E-state index in [-0.39, 0.29) is 0 Å². The van der Waals surface area contributed by atoms with Gasteiger partial charge in [-0.1, -0.05) is 12.1 Å². The molecular weight excluding hydrogens is 240 g/mol. The SMILES string of the molecule is COc1ccccc1-c1nc2c(C#N)cccn2n1. The molecule has 2 aromatic heterocycles. The fourth-order valence-electron chi connectivity index (χ4n) is 1.94. The summed E-state index contributed by atoms with van der Waals surface area (Å²) in [5.41, 5.74) is 1.85. The molecule has 0 unspecified atom stereocenters. The van der Waals surface area contributed by atoms with Gasteiger partial charge in [0.15, 0.2) is 11.5 Å². The lowest BCUT2D eigenvalue weighted by molar-refractivity contribution is 0.416. The van der Waals surface area contributed by atoms with Crippen LogP contribution in [0.15, 0.2) is 42.6 Å². The van der Waals surface area contributed by atoms with E-state index in [1.807, 2.05) is 24.3 Å². The number of methoxy groups -OCH3 is 1. The third-order valence-electron chi connectivity index (χ3n) is 2.83. The molecule has 0 aliphatic rings. The molecular formula is C14H10N4O. The normalized spacial score (nSPS) is 10.3. The summed E-state index contributed by atoms with van der Waals surface area (Å²) in [4.78, 5) is 4.41.